The first kappa shape index (κ1) is 15.8. The highest BCUT2D eigenvalue weighted by Gasteiger charge is 2.08. The first-order chi connectivity index (χ1) is 11.7. The number of carbonyl (C=O) groups is 1. The Morgan fingerprint density at radius 2 is 1.58 bits per heavy atom. The molecule has 3 rings (SSSR count). The van der Waals surface area contributed by atoms with Crippen LogP contribution in [0.1, 0.15) is 5.56 Å². The zero-order valence-corrected chi connectivity index (χ0v) is 13.8. The summed E-state index contributed by atoms with van der Waals surface area (Å²) in [5, 5.41) is 2.09. The molecule has 0 atom stereocenters. The lowest BCUT2D eigenvalue weighted by Crippen LogP contribution is -2.23. The van der Waals surface area contributed by atoms with E-state index in [1.54, 1.807) is 25.1 Å². The Kier molecular flexibility index (Phi) is 4.62. The second-order valence-electron chi connectivity index (χ2n) is 5.47. The molecule has 0 heterocycles. The molecule has 0 bridgehead atoms. The lowest BCUT2D eigenvalue weighted by Gasteiger charge is -2.15. The van der Waals surface area contributed by atoms with Crippen molar-refractivity contribution in [1.82, 2.24) is 0 Å². The third-order valence-corrected chi connectivity index (χ3v) is 4.02. The van der Waals surface area contributed by atoms with Crippen LogP contribution in [0.15, 0.2) is 72.8 Å². The molecule has 3 aromatic rings. The summed E-state index contributed by atoms with van der Waals surface area (Å²) in [6, 6.07) is 21.5. The number of hydrogen-bond acceptors (Lipinski definition) is 2. The number of ether oxygens (including phenoxy) is 1. The van der Waals surface area contributed by atoms with Gasteiger partial charge in [-0.25, -0.2) is 0 Å². The van der Waals surface area contributed by atoms with Crippen LogP contribution < -0.4 is 9.64 Å². The summed E-state index contributed by atoms with van der Waals surface area (Å²) >= 11 is 0. The van der Waals surface area contributed by atoms with E-state index in [1.165, 1.54) is 0 Å². The van der Waals surface area contributed by atoms with Gasteiger partial charge in [0.15, 0.2) is 0 Å². The van der Waals surface area contributed by atoms with Gasteiger partial charge in [-0.3, -0.25) is 4.79 Å². The van der Waals surface area contributed by atoms with E-state index in [-0.39, 0.29) is 5.91 Å². The van der Waals surface area contributed by atoms with Crippen molar-refractivity contribution in [3.05, 3.63) is 78.4 Å². The zero-order chi connectivity index (χ0) is 16.9. The van der Waals surface area contributed by atoms with Gasteiger partial charge < -0.3 is 9.64 Å². The molecule has 0 aliphatic heterocycles. The zero-order valence-electron chi connectivity index (χ0n) is 13.8. The summed E-state index contributed by atoms with van der Waals surface area (Å²) in [5.41, 5.74) is 1.85. The Hall–Kier alpha value is -3.07. The lowest BCUT2D eigenvalue weighted by atomic mass is 10.0. The van der Waals surface area contributed by atoms with Crippen molar-refractivity contribution < 1.29 is 9.53 Å². The molecule has 0 N–H and O–H groups in total. The molecule has 0 saturated heterocycles. The van der Waals surface area contributed by atoms with E-state index in [1.807, 2.05) is 72.8 Å². The number of likely N-dealkylation sites (N-methyl/N-ethyl adjacent to an activating group) is 1. The molecule has 120 valence electrons. The molecule has 3 aromatic carbocycles. The van der Waals surface area contributed by atoms with Crippen LogP contribution in [0, 0.1) is 0 Å². The van der Waals surface area contributed by atoms with Crippen molar-refractivity contribution in [3.63, 3.8) is 0 Å². The molecule has 0 saturated carbocycles. The summed E-state index contributed by atoms with van der Waals surface area (Å²) in [6.07, 6.45) is 3.45. The first-order valence-electron chi connectivity index (χ1n) is 7.77. The molecule has 0 spiro atoms. The maximum Gasteiger partial charge on any atom is 0.250 e. The molecule has 3 heteroatoms. The monoisotopic (exact) mass is 317 g/mol. The predicted octanol–water partition coefficient (Wildman–Crippen LogP) is 4.52. The van der Waals surface area contributed by atoms with Crippen LogP contribution >= 0.6 is 0 Å². The van der Waals surface area contributed by atoms with Crippen molar-refractivity contribution in [1.29, 1.82) is 0 Å². The standard InChI is InChI=1S/C21H19NO2/c1-22(17-8-4-3-5-9-17)21(23)15-13-16-12-14-20(24-2)19-11-7-6-10-18(16)19/h3-15H,1-2H3. The van der Waals surface area contributed by atoms with Crippen LogP contribution in [0.2, 0.25) is 0 Å². The van der Waals surface area contributed by atoms with Crippen molar-refractivity contribution in [2.45, 2.75) is 0 Å². The van der Waals surface area contributed by atoms with Crippen LogP contribution in [-0.2, 0) is 4.79 Å². The van der Waals surface area contributed by atoms with Crippen LogP contribution in [0.4, 0.5) is 5.69 Å². The fourth-order valence-corrected chi connectivity index (χ4v) is 2.67. The van der Waals surface area contributed by atoms with Gasteiger partial charge >= 0.3 is 0 Å². The summed E-state index contributed by atoms with van der Waals surface area (Å²) in [5.74, 6) is 0.761. The van der Waals surface area contributed by atoms with Gasteiger partial charge in [-0.1, -0.05) is 48.5 Å². The number of nitrogens with zero attached hydrogens (tertiary/aromatic N) is 1. The molecule has 0 radical (unpaired) electrons. The molecule has 24 heavy (non-hydrogen) atoms. The second-order valence-corrected chi connectivity index (χ2v) is 5.47. The first-order valence-corrected chi connectivity index (χ1v) is 7.77. The number of benzene rings is 3. The summed E-state index contributed by atoms with van der Waals surface area (Å²) < 4.78 is 5.40. The number of para-hydroxylation sites is 1. The minimum atomic E-state index is -0.0684. The highest BCUT2D eigenvalue weighted by Crippen LogP contribution is 2.29. The summed E-state index contributed by atoms with van der Waals surface area (Å²) in [6.45, 7) is 0. The maximum absolute atomic E-state index is 12.4. The number of fused-ring (bicyclic) bond motifs is 1. The normalized spacial score (nSPS) is 10.9. The Morgan fingerprint density at radius 1 is 0.917 bits per heavy atom. The number of anilines is 1. The number of methoxy groups -OCH3 is 1. The number of rotatable bonds is 4. The van der Waals surface area contributed by atoms with Crippen molar-refractivity contribution in [3.8, 4) is 5.75 Å². The van der Waals surface area contributed by atoms with E-state index in [4.69, 9.17) is 4.74 Å². The fourth-order valence-electron chi connectivity index (χ4n) is 2.67. The van der Waals surface area contributed by atoms with Gasteiger partial charge in [0.1, 0.15) is 5.75 Å². The topological polar surface area (TPSA) is 29.5 Å². The molecular weight excluding hydrogens is 298 g/mol. The van der Waals surface area contributed by atoms with E-state index in [2.05, 4.69) is 0 Å². The average molecular weight is 317 g/mol. The molecular formula is C21H19NO2. The summed E-state index contributed by atoms with van der Waals surface area (Å²) in [7, 11) is 3.43. The minimum Gasteiger partial charge on any atom is -0.496 e. The van der Waals surface area contributed by atoms with Gasteiger partial charge in [0, 0.05) is 24.2 Å². The smallest absolute Gasteiger partial charge is 0.250 e. The minimum absolute atomic E-state index is 0.0684. The van der Waals surface area contributed by atoms with E-state index in [0.717, 1.165) is 27.8 Å². The van der Waals surface area contributed by atoms with Gasteiger partial charge in [0.2, 0.25) is 0 Å². The third kappa shape index (κ3) is 3.15. The largest absolute Gasteiger partial charge is 0.496 e. The van der Waals surface area contributed by atoms with Crippen LogP contribution in [0.5, 0.6) is 5.75 Å². The van der Waals surface area contributed by atoms with Gasteiger partial charge in [0.25, 0.3) is 5.91 Å². The highest BCUT2D eigenvalue weighted by molar-refractivity contribution is 6.05. The lowest BCUT2D eigenvalue weighted by molar-refractivity contribution is -0.113. The van der Waals surface area contributed by atoms with Gasteiger partial charge in [-0.15, -0.1) is 0 Å². The molecule has 0 unspecified atom stereocenters. The molecule has 3 nitrogen and oxygen atoms in total. The van der Waals surface area contributed by atoms with E-state index in [9.17, 15) is 4.79 Å². The summed E-state index contributed by atoms with van der Waals surface area (Å²) in [4.78, 5) is 14.0. The number of hydrogen-bond donors (Lipinski definition) is 0. The van der Waals surface area contributed by atoms with Gasteiger partial charge in [-0.05, 0) is 35.2 Å². The second kappa shape index (κ2) is 7.01. The van der Waals surface area contributed by atoms with Crippen LogP contribution in [0.3, 0.4) is 0 Å². The Morgan fingerprint density at radius 3 is 2.29 bits per heavy atom. The average Bonchev–Trinajstić information content (AvgIpc) is 2.65. The van der Waals surface area contributed by atoms with Gasteiger partial charge in [-0.2, -0.15) is 0 Å². The molecule has 0 aromatic heterocycles. The number of amides is 1. The van der Waals surface area contributed by atoms with Crippen molar-refractivity contribution >= 4 is 28.4 Å². The Balaban J connectivity index is 1.90. The molecule has 0 fully saturated rings. The number of carbonyl (C=O) groups excluding carboxylic acids is 1. The molecule has 0 aliphatic rings. The van der Waals surface area contributed by atoms with Crippen molar-refractivity contribution in [2.24, 2.45) is 0 Å². The third-order valence-electron chi connectivity index (χ3n) is 4.02. The fraction of sp³-hybridized carbons (Fsp3) is 0.0952. The van der Waals surface area contributed by atoms with E-state index < -0.39 is 0 Å². The molecule has 1 amide bonds. The van der Waals surface area contributed by atoms with Crippen LogP contribution in [0.25, 0.3) is 16.8 Å². The Labute approximate surface area is 141 Å². The van der Waals surface area contributed by atoms with Crippen LogP contribution in [-0.4, -0.2) is 20.1 Å². The van der Waals surface area contributed by atoms with E-state index >= 15 is 0 Å². The van der Waals surface area contributed by atoms with Gasteiger partial charge in [0.05, 0.1) is 7.11 Å². The van der Waals surface area contributed by atoms with E-state index in [0.29, 0.717) is 0 Å². The quantitative estimate of drug-likeness (QED) is 0.662. The predicted molar refractivity (Wildman–Crippen MR) is 99.4 cm³/mol. The highest BCUT2D eigenvalue weighted by atomic mass is 16.5. The SMILES string of the molecule is COc1ccc(C=CC(=O)N(C)c2ccccc2)c2ccccc12. The maximum atomic E-state index is 12.4. The van der Waals surface area contributed by atoms with Crippen molar-refractivity contribution in [2.75, 3.05) is 19.1 Å². The molecule has 0 aliphatic carbocycles. The Bertz CT molecular complexity index is 885.